The lowest BCUT2D eigenvalue weighted by Crippen LogP contribution is -2.18. The smallest absolute Gasteiger partial charge is 0.349 e. The molecule has 1 atom stereocenters. The Bertz CT molecular complexity index is 880. The predicted molar refractivity (Wildman–Crippen MR) is 99.4 cm³/mol. The Kier molecular flexibility index (Phi) is 5.81. The van der Waals surface area contributed by atoms with Gasteiger partial charge in [-0.15, -0.1) is 0 Å². The van der Waals surface area contributed by atoms with E-state index in [9.17, 15) is 14.3 Å². The molecule has 0 aliphatic carbocycles. The Morgan fingerprint density at radius 3 is 2.00 bits per heavy atom. The van der Waals surface area contributed by atoms with Gasteiger partial charge in [-0.2, -0.15) is 0 Å². The number of rotatable bonds is 6. The van der Waals surface area contributed by atoms with E-state index in [4.69, 9.17) is 16.3 Å². The van der Waals surface area contributed by atoms with Gasteiger partial charge >= 0.3 is 5.97 Å². The average Bonchev–Trinajstić information content (AvgIpc) is 2.64. The van der Waals surface area contributed by atoms with Crippen molar-refractivity contribution < 1.29 is 19.0 Å². The minimum Gasteiger partial charge on any atom is -0.478 e. The Labute approximate surface area is 159 Å². The zero-order valence-electron chi connectivity index (χ0n) is 13.4. The van der Waals surface area contributed by atoms with Gasteiger partial charge in [0, 0.05) is 20.4 Å². The second kappa shape index (κ2) is 8.25. The molecule has 0 heterocycles. The van der Waals surface area contributed by atoms with Gasteiger partial charge in [-0.25, -0.2) is 9.18 Å². The molecular formula is C20H14ClFO3S. The van der Waals surface area contributed by atoms with Crippen molar-refractivity contribution in [1.82, 2.24) is 0 Å². The third-order valence-electron chi connectivity index (χ3n) is 3.52. The minimum atomic E-state index is -1.17. The van der Waals surface area contributed by atoms with Crippen molar-refractivity contribution in [3.05, 3.63) is 89.2 Å². The Morgan fingerprint density at radius 2 is 1.46 bits per heavy atom. The number of hydrogen-bond acceptors (Lipinski definition) is 3. The van der Waals surface area contributed by atoms with E-state index in [1.54, 1.807) is 23.9 Å². The SMILES string of the molecule is O=C(O)C(Oc1ccc(F)cc1)c1ccc(Sc2ccc(Cl)cc2)cc1. The molecular weight excluding hydrogens is 375 g/mol. The summed E-state index contributed by atoms with van der Waals surface area (Å²) in [7, 11) is 0. The third kappa shape index (κ3) is 4.77. The molecule has 0 aliphatic heterocycles. The topological polar surface area (TPSA) is 46.5 Å². The molecule has 3 aromatic carbocycles. The standard InChI is InChI=1S/C20H14ClFO3S/c21-14-3-11-18(12-4-14)26-17-9-1-13(2-10-17)19(20(23)24)25-16-7-5-15(22)6-8-16/h1-12,19H,(H,23,24). The van der Waals surface area contributed by atoms with E-state index in [0.717, 1.165) is 9.79 Å². The van der Waals surface area contributed by atoms with E-state index < -0.39 is 17.9 Å². The van der Waals surface area contributed by atoms with Gasteiger partial charge in [0.1, 0.15) is 11.6 Å². The first kappa shape index (κ1) is 18.3. The molecule has 0 radical (unpaired) electrons. The molecule has 0 saturated carbocycles. The van der Waals surface area contributed by atoms with Gasteiger partial charge in [0.2, 0.25) is 6.10 Å². The fourth-order valence-corrected chi connectivity index (χ4v) is 3.20. The minimum absolute atomic E-state index is 0.290. The summed E-state index contributed by atoms with van der Waals surface area (Å²) in [4.78, 5) is 13.5. The average molecular weight is 389 g/mol. The molecule has 0 spiro atoms. The molecule has 1 unspecified atom stereocenters. The van der Waals surface area contributed by atoms with Gasteiger partial charge < -0.3 is 9.84 Å². The maximum Gasteiger partial charge on any atom is 0.349 e. The van der Waals surface area contributed by atoms with E-state index in [1.807, 2.05) is 36.4 Å². The highest BCUT2D eigenvalue weighted by molar-refractivity contribution is 7.99. The number of carboxylic acids is 1. The highest BCUT2D eigenvalue weighted by Gasteiger charge is 2.22. The van der Waals surface area contributed by atoms with Crippen molar-refractivity contribution in [2.24, 2.45) is 0 Å². The number of halogens is 2. The van der Waals surface area contributed by atoms with Crippen LogP contribution in [0.2, 0.25) is 5.02 Å². The fraction of sp³-hybridized carbons (Fsp3) is 0.0500. The summed E-state index contributed by atoms with van der Waals surface area (Å²) in [5, 5.41) is 10.1. The monoisotopic (exact) mass is 388 g/mol. The first-order valence-electron chi connectivity index (χ1n) is 7.70. The predicted octanol–water partition coefficient (Wildman–Crippen LogP) is 5.84. The Balaban J connectivity index is 1.74. The lowest BCUT2D eigenvalue weighted by molar-refractivity contribution is -0.145. The summed E-state index contributed by atoms with van der Waals surface area (Å²) >= 11 is 7.42. The molecule has 0 bridgehead atoms. The lowest BCUT2D eigenvalue weighted by atomic mass is 10.1. The second-order valence-corrected chi connectivity index (χ2v) is 7.00. The fourth-order valence-electron chi connectivity index (χ4n) is 2.26. The highest BCUT2D eigenvalue weighted by atomic mass is 35.5. The van der Waals surface area contributed by atoms with Crippen LogP contribution in [0.15, 0.2) is 82.6 Å². The Morgan fingerprint density at radius 1 is 0.923 bits per heavy atom. The van der Waals surface area contributed by atoms with Gasteiger partial charge in [-0.3, -0.25) is 0 Å². The van der Waals surface area contributed by atoms with Gasteiger partial charge in [-0.1, -0.05) is 35.5 Å². The van der Waals surface area contributed by atoms with Crippen molar-refractivity contribution in [2.75, 3.05) is 0 Å². The largest absolute Gasteiger partial charge is 0.478 e. The molecule has 3 nitrogen and oxygen atoms in total. The van der Waals surface area contributed by atoms with Crippen LogP contribution in [0.1, 0.15) is 11.7 Å². The summed E-state index contributed by atoms with van der Waals surface area (Å²) < 4.78 is 18.5. The number of carboxylic acid groups (broad SMARTS) is 1. The van der Waals surface area contributed by atoms with Crippen molar-refractivity contribution in [3.63, 3.8) is 0 Å². The maximum absolute atomic E-state index is 13.0. The van der Waals surface area contributed by atoms with E-state index in [0.29, 0.717) is 16.3 Å². The van der Waals surface area contributed by atoms with Crippen LogP contribution in [-0.4, -0.2) is 11.1 Å². The number of benzene rings is 3. The van der Waals surface area contributed by atoms with Crippen molar-refractivity contribution in [1.29, 1.82) is 0 Å². The van der Waals surface area contributed by atoms with Gasteiger partial charge in [0.25, 0.3) is 0 Å². The molecule has 0 aromatic heterocycles. The summed E-state index contributed by atoms with van der Waals surface area (Å²) in [5.74, 6) is -1.24. The number of carbonyl (C=O) groups is 1. The molecule has 0 amide bonds. The molecule has 3 rings (SSSR count). The van der Waals surface area contributed by atoms with Crippen molar-refractivity contribution >= 4 is 29.3 Å². The van der Waals surface area contributed by atoms with E-state index >= 15 is 0 Å². The van der Waals surface area contributed by atoms with Crippen LogP contribution in [0.5, 0.6) is 5.75 Å². The zero-order valence-corrected chi connectivity index (χ0v) is 15.0. The van der Waals surface area contributed by atoms with Crippen molar-refractivity contribution in [3.8, 4) is 5.75 Å². The summed E-state index contributed by atoms with van der Waals surface area (Å²) in [6, 6.07) is 19.8. The van der Waals surface area contributed by atoms with Gasteiger partial charge in [-0.05, 0) is 60.7 Å². The molecule has 0 saturated heterocycles. The molecule has 1 N–H and O–H groups in total. The van der Waals surface area contributed by atoms with Crippen LogP contribution in [-0.2, 0) is 4.79 Å². The number of ether oxygens (including phenoxy) is 1. The van der Waals surface area contributed by atoms with E-state index in [2.05, 4.69) is 0 Å². The summed E-state index contributed by atoms with van der Waals surface area (Å²) in [6.07, 6.45) is -1.17. The normalized spacial score (nSPS) is 11.8. The summed E-state index contributed by atoms with van der Waals surface area (Å²) in [6.45, 7) is 0. The van der Waals surface area contributed by atoms with Crippen LogP contribution in [0.3, 0.4) is 0 Å². The maximum atomic E-state index is 13.0. The first-order chi connectivity index (χ1) is 12.5. The molecule has 6 heteroatoms. The third-order valence-corrected chi connectivity index (χ3v) is 4.79. The van der Waals surface area contributed by atoms with Crippen LogP contribution in [0.25, 0.3) is 0 Å². The van der Waals surface area contributed by atoms with E-state index in [-0.39, 0.29) is 0 Å². The molecule has 3 aromatic rings. The molecule has 132 valence electrons. The molecule has 0 aliphatic rings. The van der Waals surface area contributed by atoms with Crippen molar-refractivity contribution in [2.45, 2.75) is 15.9 Å². The van der Waals surface area contributed by atoms with Gasteiger partial charge in [0.05, 0.1) is 0 Å². The zero-order chi connectivity index (χ0) is 18.5. The lowest BCUT2D eigenvalue weighted by Gasteiger charge is -2.16. The highest BCUT2D eigenvalue weighted by Crippen LogP contribution is 2.30. The van der Waals surface area contributed by atoms with Gasteiger partial charge in [0.15, 0.2) is 0 Å². The molecule has 26 heavy (non-hydrogen) atoms. The van der Waals surface area contributed by atoms with E-state index in [1.165, 1.54) is 24.3 Å². The van der Waals surface area contributed by atoms with Crippen LogP contribution < -0.4 is 4.74 Å². The van der Waals surface area contributed by atoms with Crippen LogP contribution in [0, 0.1) is 5.82 Å². The summed E-state index contributed by atoms with van der Waals surface area (Å²) in [5.41, 5.74) is 0.502. The van der Waals surface area contributed by atoms with Crippen LogP contribution in [0.4, 0.5) is 4.39 Å². The van der Waals surface area contributed by atoms with Crippen LogP contribution >= 0.6 is 23.4 Å². The molecule has 0 fully saturated rings. The second-order valence-electron chi connectivity index (χ2n) is 5.42. The first-order valence-corrected chi connectivity index (χ1v) is 8.89. The quantitative estimate of drug-likeness (QED) is 0.576. The number of hydrogen-bond donors (Lipinski definition) is 1. The Hall–Kier alpha value is -2.50. The number of aliphatic carboxylic acids is 1.